The van der Waals surface area contributed by atoms with Gasteiger partial charge in [-0.1, -0.05) is 18.2 Å². The van der Waals surface area contributed by atoms with Crippen molar-refractivity contribution in [2.75, 3.05) is 27.3 Å². The van der Waals surface area contributed by atoms with Crippen molar-refractivity contribution >= 4 is 11.9 Å². The Bertz CT molecular complexity index is 826. The van der Waals surface area contributed by atoms with E-state index in [-0.39, 0.29) is 12.7 Å². The van der Waals surface area contributed by atoms with Crippen LogP contribution in [0.1, 0.15) is 12.5 Å². The second-order valence-corrected chi connectivity index (χ2v) is 6.32. The summed E-state index contributed by atoms with van der Waals surface area (Å²) in [6.07, 6.45) is -0.0776. The minimum Gasteiger partial charge on any atom is -0.497 e. The first kappa shape index (κ1) is 21.9. The third-order valence-corrected chi connectivity index (χ3v) is 3.90. The lowest BCUT2D eigenvalue weighted by atomic mass is 10.2. The van der Waals surface area contributed by atoms with Crippen molar-refractivity contribution in [3.8, 4) is 17.2 Å². The lowest BCUT2D eigenvalue weighted by Crippen LogP contribution is -2.41. The number of nitrogens with two attached hydrogens (primary N) is 1. The van der Waals surface area contributed by atoms with Gasteiger partial charge in [-0.15, -0.1) is 0 Å². The lowest BCUT2D eigenvalue weighted by Gasteiger charge is -2.18. The van der Waals surface area contributed by atoms with Gasteiger partial charge in [0.1, 0.15) is 23.4 Å². The summed E-state index contributed by atoms with van der Waals surface area (Å²) < 4.78 is 16.4. The van der Waals surface area contributed by atoms with Gasteiger partial charge in [0, 0.05) is 19.7 Å². The Morgan fingerprint density at radius 2 is 1.83 bits per heavy atom. The van der Waals surface area contributed by atoms with E-state index in [9.17, 15) is 4.79 Å². The SMILES string of the molecule is CN=C(NCc1cccc(OCC(N)=O)c1)NCC(C)Oc1cccc(OC)c1. The number of guanidine groups is 1. The first-order valence-electron chi connectivity index (χ1n) is 9.25. The van der Waals surface area contributed by atoms with Crippen LogP contribution in [0.2, 0.25) is 0 Å². The zero-order valence-corrected chi connectivity index (χ0v) is 17.0. The van der Waals surface area contributed by atoms with Crippen LogP contribution in [0.5, 0.6) is 17.2 Å². The molecule has 0 saturated heterocycles. The van der Waals surface area contributed by atoms with Gasteiger partial charge in [0.05, 0.1) is 13.7 Å². The van der Waals surface area contributed by atoms with E-state index in [1.54, 1.807) is 20.2 Å². The molecule has 29 heavy (non-hydrogen) atoms. The van der Waals surface area contributed by atoms with Gasteiger partial charge in [-0.05, 0) is 36.8 Å². The summed E-state index contributed by atoms with van der Waals surface area (Å²) in [4.78, 5) is 15.0. The standard InChI is InChI=1S/C21H28N4O4/c1-15(29-19-9-5-7-17(11-19)27-3)12-24-21(23-2)25-13-16-6-4-8-18(10-16)28-14-20(22)26/h4-11,15H,12-14H2,1-3H3,(H2,22,26)(H2,23,24,25). The number of primary amides is 1. The summed E-state index contributed by atoms with van der Waals surface area (Å²) >= 11 is 0. The number of aliphatic imine (C=N–C) groups is 1. The van der Waals surface area contributed by atoms with Gasteiger partial charge in [0.25, 0.3) is 5.91 Å². The van der Waals surface area contributed by atoms with Crippen LogP contribution in [0.25, 0.3) is 0 Å². The second-order valence-electron chi connectivity index (χ2n) is 6.32. The number of benzene rings is 2. The molecule has 2 aromatic rings. The Kier molecular flexibility index (Phi) is 8.62. The number of nitrogens with one attached hydrogen (secondary N) is 2. The number of carbonyl (C=O) groups excluding carboxylic acids is 1. The number of nitrogens with zero attached hydrogens (tertiary/aromatic N) is 1. The number of carbonyl (C=O) groups is 1. The third-order valence-electron chi connectivity index (χ3n) is 3.90. The third kappa shape index (κ3) is 8.00. The molecule has 0 aliphatic heterocycles. The molecule has 156 valence electrons. The summed E-state index contributed by atoms with van der Waals surface area (Å²) in [5, 5.41) is 6.46. The average Bonchev–Trinajstić information content (AvgIpc) is 2.72. The van der Waals surface area contributed by atoms with Crippen molar-refractivity contribution < 1.29 is 19.0 Å². The fourth-order valence-electron chi connectivity index (χ4n) is 2.49. The van der Waals surface area contributed by atoms with E-state index in [1.165, 1.54) is 0 Å². The summed E-state index contributed by atoms with van der Waals surface area (Å²) in [5.74, 6) is 2.22. The van der Waals surface area contributed by atoms with Crippen LogP contribution in [0, 0.1) is 0 Å². The molecule has 0 heterocycles. The predicted molar refractivity (Wildman–Crippen MR) is 112 cm³/mol. The quantitative estimate of drug-likeness (QED) is 0.414. The molecule has 0 aromatic heterocycles. The maximum atomic E-state index is 10.8. The monoisotopic (exact) mass is 400 g/mol. The fraction of sp³-hybridized carbons (Fsp3) is 0.333. The summed E-state index contributed by atoms with van der Waals surface area (Å²) in [7, 11) is 3.33. The molecule has 0 spiro atoms. The molecular formula is C21H28N4O4. The van der Waals surface area contributed by atoms with Crippen LogP contribution >= 0.6 is 0 Å². The van der Waals surface area contributed by atoms with E-state index >= 15 is 0 Å². The summed E-state index contributed by atoms with van der Waals surface area (Å²) in [5.41, 5.74) is 6.08. The molecule has 1 unspecified atom stereocenters. The first-order valence-corrected chi connectivity index (χ1v) is 9.25. The van der Waals surface area contributed by atoms with E-state index in [0.29, 0.717) is 24.8 Å². The van der Waals surface area contributed by atoms with Crippen molar-refractivity contribution in [1.82, 2.24) is 10.6 Å². The van der Waals surface area contributed by atoms with E-state index in [1.807, 2.05) is 49.4 Å². The average molecular weight is 400 g/mol. The molecule has 8 nitrogen and oxygen atoms in total. The van der Waals surface area contributed by atoms with Crippen LogP contribution in [-0.2, 0) is 11.3 Å². The molecule has 1 atom stereocenters. The van der Waals surface area contributed by atoms with Crippen LogP contribution in [0.3, 0.4) is 0 Å². The minimum absolute atomic E-state index is 0.0776. The largest absolute Gasteiger partial charge is 0.497 e. The maximum absolute atomic E-state index is 10.8. The van der Waals surface area contributed by atoms with E-state index < -0.39 is 5.91 Å². The molecule has 0 aliphatic rings. The topological polar surface area (TPSA) is 107 Å². The molecule has 2 aromatic carbocycles. The van der Waals surface area contributed by atoms with Gasteiger partial charge >= 0.3 is 0 Å². The molecule has 2 rings (SSSR count). The number of amides is 1. The number of rotatable bonds is 10. The number of ether oxygens (including phenoxy) is 3. The van der Waals surface area contributed by atoms with Gasteiger partial charge in [-0.3, -0.25) is 9.79 Å². The fourth-order valence-corrected chi connectivity index (χ4v) is 2.49. The molecule has 0 saturated carbocycles. The van der Waals surface area contributed by atoms with E-state index in [0.717, 1.165) is 17.1 Å². The Hall–Kier alpha value is -3.42. The summed E-state index contributed by atoms with van der Waals surface area (Å²) in [6.45, 7) is 2.93. The molecule has 4 N–H and O–H groups in total. The van der Waals surface area contributed by atoms with E-state index in [2.05, 4.69) is 15.6 Å². The van der Waals surface area contributed by atoms with Crippen molar-refractivity contribution in [2.24, 2.45) is 10.7 Å². The van der Waals surface area contributed by atoms with Crippen molar-refractivity contribution in [3.63, 3.8) is 0 Å². The van der Waals surface area contributed by atoms with Crippen molar-refractivity contribution in [1.29, 1.82) is 0 Å². The number of hydrogen-bond acceptors (Lipinski definition) is 5. The number of hydrogen-bond donors (Lipinski definition) is 3. The smallest absolute Gasteiger partial charge is 0.255 e. The van der Waals surface area contributed by atoms with Crippen LogP contribution in [0.15, 0.2) is 53.5 Å². The Balaban J connectivity index is 1.80. The number of methoxy groups -OCH3 is 1. The highest BCUT2D eigenvalue weighted by molar-refractivity contribution is 5.79. The minimum atomic E-state index is -0.511. The van der Waals surface area contributed by atoms with Crippen molar-refractivity contribution in [2.45, 2.75) is 19.6 Å². The van der Waals surface area contributed by atoms with Crippen LogP contribution < -0.4 is 30.6 Å². The predicted octanol–water partition coefficient (Wildman–Crippen LogP) is 1.69. The molecule has 0 aliphatic carbocycles. The maximum Gasteiger partial charge on any atom is 0.255 e. The summed E-state index contributed by atoms with van der Waals surface area (Å²) in [6, 6.07) is 14.9. The van der Waals surface area contributed by atoms with Crippen LogP contribution in [0.4, 0.5) is 0 Å². The highest BCUT2D eigenvalue weighted by Gasteiger charge is 2.07. The Morgan fingerprint density at radius 1 is 1.10 bits per heavy atom. The Labute approximate surface area is 171 Å². The van der Waals surface area contributed by atoms with Gasteiger partial charge in [-0.25, -0.2) is 0 Å². The van der Waals surface area contributed by atoms with Crippen molar-refractivity contribution in [3.05, 3.63) is 54.1 Å². The highest BCUT2D eigenvalue weighted by Crippen LogP contribution is 2.19. The lowest BCUT2D eigenvalue weighted by molar-refractivity contribution is -0.119. The second kappa shape index (κ2) is 11.4. The van der Waals surface area contributed by atoms with Gasteiger partial charge in [-0.2, -0.15) is 0 Å². The molecule has 0 radical (unpaired) electrons. The molecule has 8 heteroatoms. The molecule has 1 amide bonds. The molecule has 0 bridgehead atoms. The van der Waals surface area contributed by atoms with Crippen LogP contribution in [-0.4, -0.2) is 45.3 Å². The Morgan fingerprint density at radius 3 is 2.55 bits per heavy atom. The van der Waals surface area contributed by atoms with Gasteiger partial charge in [0.15, 0.2) is 12.6 Å². The zero-order valence-electron chi connectivity index (χ0n) is 17.0. The molecule has 0 fully saturated rings. The zero-order chi connectivity index (χ0) is 21.1. The van der Waals surface area contributed by atoms with Gasteiger partial charge in [0.2, 0.25) is 0 Å². The van der Waals surface area contributed by atoms with Gasteiger partial charge < -0.3 is 30.6 Å². The highest BCUT2D eigenvalue weighted by atomic mass is 16.5. The van der Waals surface area contributed by atoms with E-state index in [4.69, 9.17) is 19.9 Å². The normalized spacial score (nSPS) is 12.0. The molecular weight excluding hydrogens is 372 g/mol. The first-order chi connectivity index (χ1) is 14.0.